The van der Waals surface area contributed by atoms with Crippen molar-refractivity contribution in [3.05, 3.63) is 72.3 Å². The monoisotopic (exact) mass is 430 g/mol. The molecule has 0 saturated carbocycles. The van der Waals surface area contributed by atoms with E-state index >= 15 is 0 Å². The molecule has 0 spiro atoms. The van der Waals surface area contributed by atoms with Gasteiger partial charge in [0.2, 0.25) is 0 Å². The molecule has 0 aliphatic rings. The standard InChI is InChI=1S/C15H9Cl2IN2O/c16-10-2-1-9(13(17)5-10)7-20-8-19-14-4-3-11(18)6-12(14)15(20)21/h1-6,8H,7H2. The maximum Gasteiger partial charge on any atom is 0.261 e. The van der Waals surface area contributed by atoms with E-state index in [9.17, 15) is 4.79 Å². The summed E-state index contributed by atoms with van der Waals surface area (Å²) in [5, 5.41) is 1.72. The summed E-state index contributed by atoms with van der Waals surface area (Å²) in [4.78, 5) is 16.8. The molecule has 3 rings (SSSR count). The largest absolute Gasteiger partial charge is 0.294 e. The van der Waals surface area contributed by atoms with Crippen LogP contribution in [0.2, 0.25) is 10.0 Å². The molecule has 0 atom stereocenters. The Kier molecular flexibility index (Phi) is 4.19. The third-order valence-corrected chi connectivity index (χ3v) is 4.40. The van der Waals surface area contributed by atoms with Gasteiger partial charge in [-0.15, -0.1) is 0 Å². The zero-order valence-electron chi connectivity index (χ0n) is 10.7. The number of rotatable bonds is 2. The molecule has 0 aliphatic carbocycles. The normalized spacial score (nSPS) is 11.0. The van der Waals surface area contributed by atoms with Gasteiger partial charge in [0.1, 0.15) is 0 Å². The topological polar surface area (TPSA) is 34.9 Å². The molecule has 0 fully saturated rings. The van der Waals surface area contributed by atoms with E-state index in [1.165, 1.54) is 0 Å². The van der Waals surface area contributed by atoms with Gasteiger partial charge >= 0.3 is 0 Å². The summed E-state index contributed by atoms with van der Waals surface area (Å²) in [5.74, 6) is 0. The van der Waals surface area contributed by atoms with E-state index < -0.39 is 0 Å². The Bertz CT molecular complexity index is 892. The first-order chi connectivity index (χ1) is 10.0. The zero-order chi connectivity index (χ0) is 15.0. The van der Waals surface area contributed by atoms with Gasteiger partial charge < -0.3 is 0 Å². The number of benzene rings is 2. The molecule has 1 heterocycles. The van der Waals surface area contributed by atoms with Crippen LogP contribution in [0.4, 0.5) is 0 Å². The van der Waals surface area contributed by atoms with Crippen LogP contribution in [0, 0.1) is 3.57 Å². The van der Waals surface area contributed by atoms with Gasteiger partial charge in [-0.3, -0.25) is 9.36 Å². The van der Waals surface area contributed by atoms with Gasteiger partial charge in [0.15, 0.2) is 0 Å². The van der Waals surface area contributed by atoms with Crippen molar-refractivity contribution in [1.29, 1.82) is 0 Å². The quantitative estimate of drug-likeness (QED) is 0.566. The maximum atomic E-state index is 12.5. The molecule has 106 valence electrons. The average Bonchev–Trinajstić information content (AvgIpc) is 2.45. The lowest BCUT2D eigenvalue weighted by Crippen LogP contribution is -2.21. The molecule has 6 heteroatoms. The molecule has 0 saturated heterocycles. The van der Waals surface area contributed by atoms with Gasteiger partial charge in [-0.25, -0.2) is 4.98 Å². The summed E-state index contributed by atoms with van der Waals surface area (Å²) < 4.78 is 2.55. The van der Waals surface area contributed by atoms with Crippen molar-refractivity contribution in [1.82, 2.24) is 9.55 Å². The summed E-state index contributed by atoms with van der Waals surface area (Å²) in [6.07, 6.45) is 1.54. The second-order valence-electron chi connectivity index (χ2n) is 4.57. The van der Waals surface area contributed by atoms with E-state index in [-0.39, 0.29) is 5.56 Å². The number of halogens is 3. The summed E-state index contributed by atoms with van der Waals surface area (Å²) in [6, 6.07) is 10.8. The molecule has 0 radical (unpaired) electrons. The van der Waals surface area contributed by atoms with Crippen molar-refractivity contribution in [2.75, 3.05) is 0 Å². The Morgan fingerprint density at radius 3 is 2.71 bits per heavy atom. The molecule has 0 amide bonds. The first-order valence-corrected chi connectivity index (χ1v) is 7.97. The van der Waals surface area contributed by atoms with Crippen LogP contribution in [0.1, 0.15) is 5.56 Å². The third kappa shape index (κ3) is 3.07. The van der Waals surface area contributed by atoms with Gasteiger partial charge in [-0.2, -0.15) is 0 Å². The molecule has 2 aromatic carbocycles. The van der Waals surface area contributed by atoms with Gasteiger partial charge in [0.25, 0.3) is 5.56 Å². The molecule has 0 bridgehead atoms. The predicted octanol–water partition coefficient (Wildman–Crippen LogP) is 4.36. The number of hydrogen-bond donors (Lipinski definition) is 0. The Labute approximate surface area is 144 Å². The van der Waals surface area contributed by atoms with Crippen molar-refractivity contribution in [2.45, 2.75) is 6.54 Å². The van der Waals surface area contributed by atoms with Crippen LogP contribution >= 0.6 is 45.8 Å². The Hall–Kier alpha value is -1.11. The van der Waals surface area contributed by atoms with Crippen LogP contribution < -0.4 is 5.56 Å². The lowest BCUT2D eigenvalue weighted by Gasteiger charge is -2.08. The smallest absolute Gasteiger partial charge is 0.261 e. The second kappa shape index (κ2) is 5.94. The number of nitrogens with zero attached hydrogens (tertiary/aromatic N) is 2. The highest BCUT2D eigenvalue weighted by molar-refractivity contribution is 14.1. The Balaban J connectivity index is 2.09. The molecule has 21 heavy (non-hydrogen) atoms. The second-order valence-corrected chi connectivity index (χ2v) is 6.66. The molecular formula is C15H9Cl2IN2O. The third-order valence-electron chi connectivity index (χ3n) is 3.14. The molecule has 0 N–H and O–H groups in total. The first kappa shape index (κ1) is 14.8. The van der Waals surface area contributed by atoms with Crippen molar-refractivity contribution < 1.29 is 0 Å². The minimum Gasteiger partial charge on any atom is -0.294 e. The van der Waals surface area contributed by atoms with Crippen LogP contribution in [0.15, 0.2) is 47.5 Å². The summed E-state index contributed by atoms with van der Waals surface area (Å²) >= 11 is 14.2. The van der Waals surface area contributed by atoms with Gasteiger partial charge in [0, 0.05) is 13.6 Å². The molecule has 0 unspecified atom stereocenters. The zero-order valence-corrected chi connectivity index (χ0v) is 14.4. The van der Waals surface area contributed by atoms with Crippen molar-refractivity contribution in [2.24, 2.45) is 0 Å². The fourth-order valence-electron chi connectivity index (χ4n) is 2.08. The SMILES string of the molecule is O=c1c2cc(I)ccc2ncn1Cc1ccc(Cl)cc1Cl. The Morgan fingerprint density at radius 2 is 1.95 bits per heavy atom. The van der Waals surface area contributed by atoms with Crippen LogP contribution in [0.5, 0.6) is 0 Å². The van der Waals surface area contributed by atoms with E-state index in [0.717, 1.165) is 9.13 Å². The van der Waals surface area contributed by atoms with Gasteiger partial charge in [-0.05, 0) is 58.5 Å². The summed E-state index contributed by atoms with van der Waals surface area (Å²) in [7, 11) is 0. The molecule has 3 aromatic rings. The van der Waals surface area contributed by atoms with Gasteiger partial charge in [-0.1, -0.05) is 29.3 Å². The van der Waals surface area contributed by atoms with Crippen LogP contribution in [0.3, 0.4) is 0 Å². The highest BCUT2D eigenvalue weighted by Crippen LogP contribution is 2.21. The van der Waals surface area contributed by atoms with Gasteiger partial charge in [0.05, 0.1) is 23.8 Å². The van der Waals surface area contributed by atoms with E-state index in [1.54, 1.807) is 23.0 Å². The van der Waals surface area contributed by atoms with Crippen LogP contribution in [-0.2, 0) is 6.54 Å². The molecule has 1 aromatic heterocycles. The van der Waals surface area contributed by atoms with E-state index in [1.807, 2.05) is 24.3 Å². The number of aromatic nitrogens is 2. The Morgan fingerprint density at radius 1 is 1.14 bits per heavy atom. The minimum absolute atomic E-state index is 0.0791. The van der Waals surface area contributed by atoms with Crippen molar-refractivity contribution >= 4 is 56.7 Å². The fourth-order valence-corrected chi connectivity index (χ4v) is 3.04. The first-order valence-electron chi connectivity index (χ1n) is 6.13. The fraction of sp³-hybridized carbons (Fsp3) is 0.0667. The van der Waals surface area contributed by atoms with Crippen molar-refractivity contribution in [3.63, 3.8) is 0 Å². The van der Waals surface area contributed by atoms with E-state index in [0.29, 0.717) is 27.5 Å². The van der Waals surface area contributed by atoms with Crippen molar-refractivity contribution in [3.8, 4) is 0 Å². The molecule has 3 nitrogen and oxygen atoms in total. The number of hydrogen-bond acceptors (Lipinski definition) is 2. The molecular weight excluding hydrogens is 422 g/mol. The predicted molar refractivity (Wildman–Crippen MR) is 94.3 cm³/mol. The maximum absolute atomic E-state index is 12.5. The average molecular weight is 431 g/mol. The summed E-state index contributed by atoms with van der Waals surface area (Å²) in [5.41, 5.74) is 1.44. The van der Waals surface area contributed by atoms with Crippen LogP contribution in [-0.4, -0.2) is 9.55 Å². The lowest BCUT2D eigenvalue weighted by atomic mass is 10.2. The van der Waals surface area contributed by atoms with E-state index in [4.69, 9.17) is 23.2 Å². The van der Waals surface area contributed by atoms with E-state index in [2.05, 4.69) is 27.6 Å². The molecule has 0 aliphatic heterocycles. The number of fused-ring (bicyclic) bond motifs is 1. The van der Waals surface area contributed by atoms with Crippen LogP contribution in [0.25, 0.3) is 10.9 Å². The summed E-state index contributed by atoms with van der Waals surface area (Å²) in [6.45, 7) is 0.364. The highest BCUT2D eigenvalue weighted by atomic mass is 127. The minimum atomic E-state index is -0.0791. The highest BCUT2D eigenvalue weighted by Gasteiger charge is 2.07. The lowest BCUT2D eigenvalue weighted by molar-refractivity contribution is 0.748.